The molecule has 96 valence electrons. The molecule has 0 heterocycles. The summed E-state index contributed by atoms with van der Waals surface area (Å²) in [7, 11) is 2.07. The fraction of sp³-hybridized carbons (Fsp3) is 0.538. The molecule has 0 aromatic heterocycles. The van der Waals surface area contributed by atoms with Gasteiger partial charge in [0.05, 0.1) is 4.47 Å². The third kappa shape index (κ3) is 5.61. The second-order valence-corrected chi connectivity index (χ2v) is 5.09. The van der Waals surface area contributed by atoms with Gasteiger partial charge in [-0.05, 0) is 53.6 Å². The van der Waals surface area contributed by atoms with Crippen molar-refractivity contribution in [2.75, 3.05) is 26.7 Å². The standard InChI is InChI=1S/C13H20BrFN2/c1-3-6-16-7-8-17(2)10-11-4-5-13(15)12(14)9-11/h4-5,9,16H,3,6-8,10H2,1-2H3. The van der Waals surface area contributed by atoms with Crippen molar-refractivity contribution in [3.8, 4) is 0 Å². The maximum atomic E-state index is 13.1. The quantitative estimate of drug-likeness (QED) is 0.779. The molecule has 2 nitrogen and oxygen atoms in total. The third-order valence-corrected chi connectivity index (χ3v) is 3.14. The van der Waals surface area contributed by atoms with Crippen molar-refractivity contribution in [1.82, 2.24) is 10.2 Å². The molecule has 0 bridgehead atoms. The normalized spacial score (nSPS) is 11.1. The van der Waals surface area contributed by atoms with Crippen LogP contribution in [0.1, 0.15) is 18.9 Å². The smallest absolute Gasteiger partial charge is 0.137 e. The van der Waals surface area contributed by atoms with Gasteiger partial charge in [0.2, 0.25) is 0 Å². The molecule has 4 heteroatoms. The Morgan fingerprint density at radius 2 is 2.12 bits per heavy atom. The van der Waals surface area contributed by atoms with Gasteiger partial charge in [-0.1, -0.05) is 13.0 Å². The van der Waals surface area contributed by atoms with E-state index in [1.165, 1.54) is 6.07 Å². The molecule has 0 aliphatic heterocycles. The molecule has 1 aromatic rings. The van der Waals surface area contributed by atoms with E-state index < -0.39 is 0 Å². The summed E-state index contributed by atoms with van der Waals surface area (Å²) >= 11 is 3.20. The largest absolute Gasteiger partial charge is 0.315 e. The summed E-state index contributed by atoms with van der Waals surface area (Å²) in [6.07, 6.45) is 1.16. The van der Waals surface area contributed by atoms with Crippen LogP contribution in [0, 0.1) is 5.82 Å². The molecule has 0 amide bonds. The molecule has 0 fully saturated rings. The minimum Gasteiger partial charge on any atom is -0.315 e. The van der Waals surface area contributed by atoms with Gasteiger partial charge in [0.1, 0.15) is 5.82 Å². The Hall–Kier alpha value is -0.450. The van der Waals surface area contributed by atoms with Crippen molar-refractivity contribution in [2.24, 2.45) is 0 Å². The van der Waals surface area contributed by atoms with Gasteiger partial charge in [0.15, 0.2) is 0 Å². The molecule has 1 N–H and O–H groups in total. The van der Waals surface area contributed by atoms with Crippen molar-refractivity contribution in [2.45, 2.75) is 19.9 Å². The Morgan fingerprint density at radius 3 is 2.76 bits per heavy atom. The van der Waals surface area contributed by atoms with Crippen LogP contribution in [0.15, 0.2) is 22.7 Å². The third-order valence-electron chi connectivity index (χ3n) is 2.53. The summed E-state index contributed by atoms with van der Waals surface area (Å²) < 4.78 is 13.6. The average molecular weight is 303 g/mol. The summed E-state index contributed by atoms with van der Waals surface area (Å²) in [4.78, 5) is 2.22. The second-order valence-electron chi connectivity index (χ2n) is 4.24. The molecule has 17 heavy (non-hydrogen) atoms. The molecule has 0 aliphatic carbocycles. The van der Waals surface area contributed by atoms with Crippen LogP contribution in [-0.2, 0) is 6.54 Å². The fourth-order valence-corrected chi connectivity index (χ4v) is 2.03. The number of rotatable bonds is 7. The van der Waals surface area contributed by atoms with Crippen LogP contribution in [0.5, 0.6) is 0 Å². The van der Waals surface area contributed by atoms with Crippen LogP contribution in [0.4, 0.5) is 4.39 Å². The van der Waals surface area contributed by atoms with E-state index in [1.807, 2.05) is 12.1 Å². The van der Waals surface area contributed by atoms with E-state index in [0.29, 0.717) is 4.47 Å². The molecule has 0 saturated heterocycles. The van der Waals surface area contributed by atoms with Gasteiger partial charge in [-0.3, -0.25) is 0 Å². The maximum absolute atomic E-state index is 13.1. The van der Waals surface area contributed by atoms with E-state index in [2.05, 4.69) is 40.1 Å². The van der Waals surface area contributed by atoms with Crippen molar-refractivity contribution < 1.29 is 4.39 Å². The van der Waals surface area contributed by atoms with Gasteiger partial charge in [0, 0.05) is 19.6 Å². The van der Waals surface area contributed by atoms with Crippen LogP contribution in [-0.4, -0.2) is 31.6 Å². The van der Waals surface area contributed by atoms with Crippen LogP contribution >= 0.6 is 15.9 Å². The number of likely N-dealkylation sites (N-methyl/N-ethyl adjacent to an activating group) is 1. The van der Waals surface area contributed by atoms with Crippen molar-refractivity contribution in [1.29, 1.82) is 0 Å². The highest BCUT2D eigenvalue weighted by atomic mass is 79.9. The van der Waals surface area contributed by atoms with E-state index >= 15 is 0 Å². The summed E-state index contributed by atoms with van der Waals surface area (Å²) in [5.41, 5.74) is 1.12. The summed E-state index contributed by atoms with van der Waals surface area (Å²) in [6, 6.07) is 5.17. The highest BCUT2D eigenvalue weighted by molar-refractivity contribution is 9.10. The minimum atomic E-state index is -0.207. The Kier molecular flexibility index (Phi) is 6.70. The first kappa shape index (κ1) is 14.6. The van der Waals surface area contributed by atoms with Gasteiger partial charge < -0.3 is 10.2 Å². The van der Waals surface area contributed by atoms with Crippen molar-refractivity contribution >= 4 is 15.9 Å². The Balaban J connectivity index is 2.34. The highest BCUT2D eigenvalue weighted by Gasteiger charge is 2.03. The number of nitrogens with one attached hydrogen (secondary N) is 1. The van der Waals surface area contributed by atoms with Gasteiger partial charge >= 0.3 is 0 Å². The summed E-state index contributed by atoms with van der Waals surface area (Å²) in [5, 5.41) is 3.36. The maximum Gasteiger partial charge on any atom is 0.137 e. The first-order valence-corrected chi connectivity index (χ1v) is 6.76. The highest BCUT2D eigenvalue weighted by Crippen LogP contribution is 2.17. The van der Waals surface area contributed by atoms with Crippen LogP contribution in [0.2, 0.25) is 0 Å². The van der Waals surface area contributed by atoms with E-state index in [-0.39, 0.29) is 5.82 Å². The fourth-order valence-electron chi connectivity index (χ4n) is 1.60. The Labute approximate surface area is 111 Å². The summed E-state index contributed by atoms with van der Waals surface area (Å²) in [6.45, 7) is 6.05. The van der Waals surface area contributed by atoms with Gasteiger partial charge in [0.25, 0.3) is 0 Å². The summed E-state index contributed by atoms with van der Waals surface area (Å²) in [5.74, 6) is -0.207. The Morgan fingerprint density at radius 1 is 1.35 bits per heavy atom. The van der Waals surface area contributed by atoms with E-state index in [0.717, 1.165) is 38.2 Å². The predicted octanol–water partition coefficient (Wildman–Crippen LogP) is 3.02. The zero-order valence-corrected chi connectivity index (χ0v) is 12.1. The van der Waals surface area contributed by atoms with E-state index in [9.17, 15) is 4.39 Å². The second kappa shape index (κ2) is 7.80. The molecular formula is C13H20BrFN2. The number of benzene rings is 1. The molecule has 0 unspecified atom stereocenters. The molecule has 0 aliphatic rings. The number of nitrogens with zero attached hydrogens (tertiary/aromatic N) is 1. The molecule has 0 radical (unpaired) electrons. The van der Waals surface area contributed by atoms with E-state index in [1.54, 1.807) is 0 Å². The van der Waals surface area contributed by atoms with Crippen molar-refractivity contribution in [3.63, 3.8) is 0 Å². The lowest BCUT2D eigenvalue weighted by molar-refractivity contribution is 0.324. The monoisotopic (exact) mass is 302 g/mol. The molecule has 0 saturated carbocycles. The zero-order chi connectivity index (χ0) is 12.7. The molecule has 0 atom stereocenters. The lowest BCUT2D eigenvalue weighted by Crippen LogP contribution is -2.29. The number of halogens is 2. The van der Waals surface area contributed by atoms with Gasteiger partial charge in [-0.2, -0.15) is 0 Å². The SMILES string of the molecule is CCCNCCN(C)Cc1ccc(F)c(Br)c1. The van der Waals surface area contributed by atoms with Crippen LogP contribution in [0.3, 0.4) is 0 Å². The van der Waals surface area contributed by atoms with Crippen LogP contribution < -0.4 is 5.32 Å². The first-order chi connectivity index (χ1) is 8.13. The molecule has 1 aromatic carbocycles. The average Bonchev–Trinajstić information content (AvgIpc) is 2.30. The van der Waals surface area contributed by atoms with Gasteiger partial charge in [-0.15, -0.1) is 0 Å². The van der Waals surface area contributed by atoms with Gasteiger partial charge in [-0.25, -0.2) is 4.39 Å². The molecule has 0 spiro atoms. The lowest BCUT2D eigenvalue weighted by Gasteiger charge is -2.17. The number of hydrogen-bond donors (Lipinski definition) is 1. The first-order valence-electron chi connectivity index (χ1n) is 5.96. The van der Waals surface area contributed by atoms with Crippen molar-refractivity contribution in [3.05, 3.63) is 34.1 Å². The minimum absolute atomic E-state index is 0.207. The van der Waals surface area contributed by atoms with Crippen LogP contribution in [0.25, 0.3) is 0 Å². The molecule has 1 rings (SSSR count). The van der Waals surface area contributed by atoms with E-state index in [4.69, 9.17) is 0 Å². The lowest BCUT2D eigenvalue weighted by atomic mass is 10.2. The number of hydrogen-bond acceptors (Lipinski definition) is 2. The Bertz CT molecular complexity index is 344. The molecular weight excluding hydrogens is 283 g/mol. The zero-order valence-electron chi connectivity index (χ0n) is 10.5. The predicted molar refractivity (Wildman–Crippen MR) is 73.6 cm³/mol. The topological polar surface area (TPSA) is 15.3 Å².